The number of carbonyl (C=O) groups excluding carboxylic acids is 1. The normalized spacial score (nSPS) is 16.7. The van der Waals surface area contributed by atoms with E-state index in [9.17, 15) is 9.59 Å². The Morgan fingerprint density at radius 2 is 1.96 bits per heavy atom. The zero-order valence-electron chi connectivity index (χ0n) is 15.7. The van der Waals surface area contributed by atoms with Crippen molar-refractivity contribution in [3.8, 4) is 0 Å². The molecule has 7 heteroatoms. The maximum absolute atomic E-state index is 12.3. The van der Waals surface area contributed by atoms with Crippen LogP contribution < -0.4 is 11.0 Å². The van der Waals surface area contributed by atoms with Crippen molar-refractivity contribution in [1.82, 2.24) is 19.8 Å². The minimum absolute atomic E-state index is 0.0313. The first-order valence-electron chi connectivity index (χ1n) is 9.22. The summed E-state index contributed by atoms with van der Waals surface area (Å²) >= 11 is 0. The van der Waals surface area contributed by atoms with Crippen LogP contribution in [0.3, 0.4) is 0 Å². The summed E-state index contributed by atoms with van der Waals surface area (Å²) in [7, 11) is 0. The molecule has 0 spiro atoms. The van der Waals surface area contributed by atoms with Crippen molar-refractivity contribution >= 4 is 17.1 Å². The van der Waals surface area contributed by atoms with Crippen LogP contribution in [0.1, 0.15) is 39.7 Å². The topological polar surface area (TPSA) is 79.4 Å². The van der Waals surface area contributed by atoms with E-state index in [1.807, 2.05) is 49.6 Å². The van der Waals surface area contributed by atoms with Crippen LogP contribution >= 0.6 is 0 Å². The predicted molar refractivity (Wildman–Crippen MR) is 102 cm³/mol. The molecule has 2 aromatic rings. The second-order valence-electron chi connectivity index (χ2n) is 7.82. The molecule has 1 aliphatic rings. The van der Waals surface area contributed by atoms with E-state index in [1.54, 1.807) is 0 Å². The van der Waals surface area contributed by atoms with Gasteiger partial charge in [-0.25, -0.2) is 9.59 Å². The lowest BCUT2D eigenvalue weighted by atomic mass is 10.0. The van der Waals surface area contributed by atoms with Crippen LogP contribution in [0, 0.1) is 0 Å². The number of alkyl carbamates (subject to hydrolysis) is 1. The Morgan fingerprint density at radius 1 is 1.27 bits per heavy atom. The van der Waals surface area contributed by atoms with Crippen LogP contribution in [-0.2, 0) is 4.74 Å². The number of carbonyl (C=O) groups is 1. The van der Waals surface area contributed by atoms with E-state index in [4.69, 9.17) is 4.74 Å². The second kappa shape index (κ2) is 7.53. The van der Waals surface area contributed by atoms with Gasteiger partial charge >= 0.3 is 11.8 Å². The molecule has 0 bridgehead atoms. The molecule has 1 saturated heterocycles. The molecule has 1 fully saturated rings. The quantitative estimate of drug-likeness (QED) is 0.878. The molecule has 1 amide bonds. The first-order chi connectivity index (χ1) is 12.3. The third kappa shape index (κ3) is 4.46. The molecular formula is C19H28N4O3. The van der Waals surface area contributed by atoms with Crippen molar-refractivity contribution in [2.24, 2.45) is 0 Å². The molecule has 7 nitrogen and oxygen atoms in total. The summed E-state index contributed by atoms with van der Waals surface area (Å²) in [5.41, 5.74) is 1.36. The van der Waals surface area contributed by atoms with Crippen LogP contribution in [0.2, 0.25) is 0 Å². The van der Waals surface area contributed by atoms with E-state index in [2.05, 4.69) is 15.2 Å². The molecule has 2 N–H and O–H groups in total. The number of H-pyrrole nitrogens is 1. The lowest BCUT2D eigenvalue weighted by Gasteiger charge is -2.32. The number of rotatable bonds is 4. The number of nitrogens with zero attached hydrogens (tertiary/aromatic N) is 2. The lowest BCUT2D eigenvalue weighted by Crippen LogP contribution is -2.42. The van der Waals surface area contributed by atoms with Gasteiger partial charge in [0, 0.05) is 32.2 Å². The number of likely N-dealkylation sites (tertiary alicyclic amines) is 1. The Bertz CT molecular complexity index is 810. The zero-order chi connectivity index (χ0) is 18.7. The first-order valence-corrected chi connectivity index (χ1v) is 9.22. The van der Waals surface area contributed by atoms with E-state index < -0.39 is 5.60 Å². The molecule has 0 saturated carbocycles. The number of fused-ring (bicyclic) bond motifs is 1. The Balaban J connectivity index is 1.49. The van der Waals surface area contributed by atoms with Crippen molar-refractivity contribution in [1.29, 1.82) is 0 Å². The second-order valence-corrected chi connectivity index (χ2v) is 7.82. The molecule has 1 aromatic carbocycles. The van der Waals surface area contributed by atoms with Gasteiger partial charge in [-0.15, -0.1) is 0 Å². The third-order valence-corrected chi connectivity index (χ3v) is 4.64. The highest BCUT2D eigenvalue weighted by Gasteiger charge is 2.23. The van der Waals surface area contributed by atoms with Gasteiger partial charge in [0.1, 0.15) is 5.60 Å². The number of aromatic amines is 1. The fraction of sp³-hybridized carbons (Fsp3) is 0.579. The van der Waals surface area contributed by atoms with E-state index in [1.165, 1.54) is 0 Å². The van der Waals surface area contributed by atoms with Crippen molar-refractivity contribution in [3.63, 3.8) is 0 Å². The van der Waals surface area contributed by atoms with Crippen LogP contribution in [0.4, 0.5) is 4.79 Å². The van der Waals surface area contributed by atoms with Crippen LogP contribution in [0.15, 0.2) is 29.1 Å². The summed E-state index contributed by atoms with van der Waals surface area (Å²) in [4.78, 5) is 29.2. The van der Waals surface area contributed by atoms with Gasteiger partial charge in [0.15, 0.2) is 0 Å². The summed E-state index contributed by atoms with van der Waals surface area (Å²) in [5, 5.41) is 2.80. The van der Waals surface area contributed by atoms with Gasteiger partial charge in [0.05, 0.1) is 11.0 Å². The SMILES string of the molecule is CC(C)(C)OC(=O)NCCN1CCC(n2c(=O)[nH]c3ccccc32)CC1. The molecule has 26 heavy (non-hydrogen) atoms. The van der Waals surface area contributed by atoms with Crippen LogP contribution in [-0.4, -0.2) is 52.3 Å². The number of hydrogen-bond donors (Lipinski definition) is 2. The number of ether oxygens (including phenoxy) is 1. The van der Waals surface area contributed by atoms with Gasteiger partial charge < -0.3 is 19.9 Å². The molecule has 1 aromatic heterocycles. The van der Waals surface area contributed by atoms with E-state index in [-0.39, 0.29) is 17.8 Å². The number of nitrogens with one attached hydrogen (secondary N) is 2. The monoisotopic (exact) mass is 360 g/mol. The van der Waals surface area contributed by atoms with Gasteiger partial charge in [0.2, 0.25) is 0 Å². The summed E-state index contributed by atoms with van der Waals surface area (Å²) in [6.07, 6.45) is 1.47. The maximum Gasteiger partial charge on any atom is 0.407 e. The lowest BCUT2D eigenvalue weighted by molar-refractivity contribution is 0.0519. The molecule has 142 valence electrons. The van der Waals surface area contributed by atoms with Gasteiger partial charge in [-0.3, -0.25) is 4.57 Å². The van der Waals surface area contributed by atoms with Gasteiger partial charge in [-0.2, -0.15) is 0 Å². The van der Waals surface area contributed by atoms with E-state index in [0.717, 1.165) is 43.5 Å². The molecular weight excluding hydrogens is 332 g/mol. The van der Waals surface area contributed by atoms with Gasteiger partial charge in [-0.1, -0.05) is 12.1 Å². The summed E-state index contributed by atoms with van der Waals surface area (Å²) in [5.74, 6) is 0. The molecule has 0 aliphatic carbocycles. The number of hydrogen-bond acceptors (Lipinski definition) is 4. The number of imidazole rings is 1. The molecule has 2 heterocycles. The maximum atomic E-state index is 12.3. The van der Waals surface area contributed by atoms with E-state index >= 15 is 0 Å². The van der Waals surface area contributed by atoms with Gasteiger partial charge in [0.25, 0.3) is 0 Å². The Hall–Kier alpha value is -2.28. The number of aromatic nitrogens is 2. The van der Waals surface area contributed by atoms with Crippen molar-refractivity contribution < 1.29 is 9.53 Å². The molecule has 3 rings (SSSR count). The van der Waals surface area contributed by atoms with Gasteiger partial charge in [-0.05, 0) is 45.7 Å². The fourth-order valence-electron chi connectivity index (χ4n) is 3.47. The number of amides is 1. The van der Waals surface area contributed by atoms with Crippen LogP contribution in [0.5, 0.6) is 0 Å². The Labute approximate surface area is 153 Å². The highest BCUT2D eigenvalue weighted by molar-refractivity contribution is 5.75. The molecule has 1 aliphatic heterocycles. The average Bonchev–Trinajstić information content (AvgIpc) is 2.90. The summed E-state index contributed by atoms with van der Waals surface area (Å²) in [6, 6.07) is 8.04. The van der Waals surface area contributed by atoms with E-state index in [0.29, 0.717) is 6.54 Å². The number of piperidine rings is 1. The fourth-order valence-corrected chi connectivity index (χ4v) is 3.47. The molecule has 0 atom stereocenters. The highest BCUT2D eigenvalue weighted by atomic mass is 16.6. The minimum Gasteiger partial charge on any atom is -0.444 e. The predicted octanol–water partition coefficient (Wildman–Crippen LogP) is 2.49. The first kappa shape index (κ1) is 18.5. The van der Waals surface area contributed by atoms with Crippen molar-refractivity contribution in [2.45, 2.75) is 45.3 Å². The number of benzene rings is 1. The summed E-state index contributed by atoms with van der Waals surface area (Å²) < 4.78 is 7.13. The van der Waals surface area contributed by atoms with Crippen LogP contribution in [0.25, 0.3) is 11.0 Å². The van der Waals surface area contributed by atoms with Crippen molar-refractivity contribution in [2.75, 3.05) is 26.2 Å². The zero-order valence-corrected chi connectivity index (χ0v) is 15.7. The van der Waals surface area contributed by atoms with Crippen molar-refractivity contribution in [3.05, 3.63) is 34.7 Å². The molecule has 0 radical (unpaired) electrons. The Morgan fingerprint density at radius 3 is 2.65 bits per heavy atom. The minimum atomic E-state index is -0.477. The smallest absolute Gasteiger partial charge is 0.407 e. The highest BCUT2D eigenvalue weighted by Crippen LogP contribution is 2.24. The molecule has 0 unspecified atom stereocenters. The number of para-hydroxylation sites is 2. The standard InChI is InChI=1S/C19H28N4O3/c1-19(2,3)26-18(25)20-10-13-22-11-8-14(9-12-22)23-16-7-5-4-6-15(16)21-17(23)24/h4-7,14H,8-13H2,1-3H3,(H,20,25)(H,21,24). The third-order valence-electron chi connectivity index (χ3n) is 4.64. The average molecular weight is 360 g/mol. The summed E-state index contributed by atoms with van der Waals surface area (Å²) in [6.45, 7) is 8.72. The largest absolute Gasteiger partial charge is 0.444 e. The Kier molecular flexibility index (Phi) is 5.36.